The van der Waals surface area contributed by atoms with Crippen molar-refractivity contribution < 1.29 is 14.3 Å². The fourth-order valence-electron chi connectivity index (χ4n) is 2.70. The fraction of sp³-hybridized carbons (Fsp3) is 0.278. The Morgan fingerprint density at radius 2 is 1.75 bits per heavy atom. The summed E-state index contributed by atoms with van der Waals surface area (Å²) < 4.78 is 4.67. The second-order valence-corrected chi connectivity index (χ2v) is 5.66. The zero-order chi connectivity index (χ0) is 16.9. The number of methoxy groups -OCH3 is 1. The summed E-state index contributed by atoms with van der Waals surface area (Å²) in [5.74, 6) is -0.355. The van der Waals surface area contributed by atoms with Crippen LogP contribution in [0.4, 0.5) is 11.4 Å². The van der Waals surface area contributed by atoms with E-state index in [-0.39, 0.29) is 11.9 Å². The molecule has 1 aliphatic heterocycles. The van der Waals surface area contributed by atoms with Gasteiger partial charge >= 0.3 is 5.97 Å². The molecule has 1 aromatic carbocycles. The lowest BCUT2D eigenvalue weighted by atomic mass is 10.2. The van der Waals surface area contributed by atoms with E-state index in [0.717, 1.165) is 37.3 Å². The number of rotatable bonds is 4. The average Bonchev–Trinajstić information content (AvgIpc) is 3.16. The first-order chi connectivity index (χ1) is 11.7. The molecule has 0 atom stereocenters. The minimum absolute atomic E-state index is 0.0182. The second-order valence-electron chi connectivity index (χ2n) is 5.66. The van der Waals surface area contributed by atoms with Gasteiger partial charge in [-0.2, -0.15) is 0 Å². The lowest BCUT2D eigenvalue weighted by molar-refractivity contribution is 0.0600. The van der Waals surface area contributed by atoms with Crippen LogP contribution < -0.4 is 5.32 Å². The van der Waals surface area contributed by atoms with Crippen LogP contribution in [0.1, 0.15) is 33.6 Å². The van der Waals surface area contributed by atoms with Crippen LogP contribution in [0.5, 0.6) is 0 Å². The molecule has 24 heavy (non-hydrogen) atoms. The number of esters is 1. The van der Waals surface area contributed by atoms with Gasteiger partial charge in [0.25, 0.3) is 5.91 Å². The summed E-state index contributed by atoms with van der Waals surface area (Å²) in [5, 5.41) is 3.19. The molecule has 124 valence electrons. The zero-order valence-corrected chi connectivity index (χ0v) is 13.5. The lowest BCUT2D eigenvalue weighted by Gasteiger charge is -2.15. The number of benzene rings is 1. The van der Waals surface area contributed by atoms with E-state index in [0.29, 0.717) is 11.1 Å². The number of carbonyl (C=O) groups excluding carboxylic acids is 2. The van der Waals surface area contributed by atoms with Gasteiger partial charge in [0.05, 0.1) is 30.1 Å². The summed E-state index contributed by atoms with van der Waals surface area (Å²) in [4.78, 5) is 29.8. The molecule has 1 amide bonds. The van der Waals surface area contributed by atoms with Crippen molar-refractivity contribution in [1.29, 1.82) is 0 Å². The molecule has 0 bridgehead atoms. The third kappa shape index (κ3) is 3.53. The Morgan fingerprint density at radius 1 is 1.04 bits per heavy atom. The van der Waals surface area contributed by atoms with E-state index in [9.17, 15) is 9.59 Å². The third-order valence-corrected chi connectivity index (χ3v) is 3.97. The van der Waals surface area contributed by atoms with Crippen molar-refractivity contribution in [3.63, 3.8) is 0 Å². The zero-order valence-electron chi connectivity index (χ0n) is 13.5. The van der Waals surface area contributed by atoms with E-state index < -0.39 is 0 Å². The minimum atomic E-state index is -0.374. The number of pyridine rings is 1. The molecule has 1 aliphatic rings. The van der Waals surface area contributed by atoms with Crippen molar-refractivity contribution in [1.82, 2.24) is 9.88 Å². The standard InChI is InChI=1S/C18H19N3O3/c1-24-18(23)13-4-6-15(7-5-13)20-16-10-14(11-19-12-16)17(22)21-8-2-3-9-21/h4-7,10-12,20H,2-3,8-9H2,1H3. The number of nitrogens with zero attached hydrogens (tertiary/aromatic N) is 2. The molecular formula is C18H19N3O3. The van der Waals surface area contributed by atoms with E-state index in [2.05, 4.69) is 15.0 Å². The van der Waals surface area contributed by atoms with Crippen LogP contribution in [0.3, 0.4) is 0 Å². The number of amides is 1. The summed E-state index contributed by atoms with van der Waals surface area (Å²) in [6.45, 7) is 1.62. The first kappa shape index (κ1) is 16.0. The Balaban J connectivity index is 1.72. The highest BCUT2D eigenvalue weighted by Crippen LogP contribution is 2.19. The summed E-state index contributed by atoms with van der Waals surface area (Å²) in [5.41, 5.74) is 2.59. The summed E-state index contributed by atoms with van der Waals surface area (Å²) >= 11 is 0. The van der Waals surface area contributed by atoms with Gasteiger partial charge in [-0.25, -0.2) is 4.79 Å². The van der Waals surface area contributed by atoms with E-state index in [1.807, 2.05) is 4.90 Å². The molecular weight excluding hydrogens is 306 g/mol. The molecule has 1 aromatic heterocycles. The molecule has 0 radical (unpaired) electrons. The number of carbonyl (C=O) groups is 2. The molecule has 2 heterocycles. The topological polar surface area (TPSA) is 71.5 Å². The van der Waals surface area contributed by atoms with Crippen LogP contribution in [0, 0.1) is 0 Å². The van der Waals surface area contributed by atoms with Gasteiger partial charge in [0.2, 0.25) is 0 Å². The van der Waals surface area contributed by atoms with E-state index in [1.54, 1.807) is 42.7 Å². The number of hydrogen-bond acceptors (Lipinski definition) is 5. The SMILES string of the molecule is COC(=O)c1ccc(Nc2cncc(C(=O)N3CCCC3)c2)cc1. The van der Waals surface area contributed by atoms with Crippen molar-refractivity contribution in [3.05, 3.63) is 53.9 Å². The van der Waals surface area contributed by atoms with Gasteiger partial charge in [-0.1, -0.05) is 0 Å². The molecule has 1 N–H and O–H groups in total. The molecule has 2 aromatic rings. The second kappa shape index (κ2) is 7.12. The molecule has 6 nitrogen and oxygen atoms in total. The Morgan fingerprint density at radius 3 is 2.42 bits per heavy atom. The van der Waals surface area contributed by atoms with E-state index >= 15 is 0 Å². The smallest absolute Gasteiger partial charge is 0.337 e. The van der Waals surface area contributed by atoms with E-state index in [1.165, 1.54) is 7.11 Å². The maximum Gasteiger partial charge on any atom is 0.337 e. The van der Waals surface area contributed by atoms with Crippen molar-refractivity contribution >= 4 is 23.3 Å². The number of ether oxygens (including phenoxy) is 1. The maximum atomic E-state index is 12.4. The average molecular weight is 325 g/mol. The first-order valence-electron chi connectivity index (χ1n) is 7.87. The minimum Gasteiger partial charge on any atom is -0.465 e. The predicted molar refractivity (Wildman–Crippen MR) is 90.4 cm³/mol. The van der Waals surface area contributed by atoms with Crippen LogP contribution in [-0.2, 0) is 4.74 Å². The maximum absolute atomic E-state index is 12.4. The van der Waals surface area contributed by atoms with Gasteiger partial charge in [-0.15, -0.1) is 0 Å². The predicted octanol–water partition coefficient (Wildman–Crippen LogP) is 2.85. The summed E-state index contributed by atoms with van der Waals surface area (Å²) in [6, 6.07) is 8.71. The molecule has 1 fully saturated rings. The van der Waals surface area contributed by atoms with Gasteiger partial charge in [0.15, 0.2) is 0 Å². The third-order valence-electron chi connectivity index (χ3n) is 3.97. The summed E-state index contributed by atoms with van der Waals surface area (Å²) in [7, 11) is 1.35. The Bertz CT molecular complexity index is 737. The fourth-order valence-corrected chi connectivity index (χ4v) is 2.70. The number of likely N-dealkylation sites (tertiary alicyclic amines) is 1. The molecule has 0 unspecified atom stereocenters. The van der Waals surface area contributed by atoms with Crippen molar-refractivity contribution in [2.45, 2.75) is 12.8 Å². The Labute approximate surface area is 140 Å². The van der Waals surface area contributed by atoms with Gasteiger partial charge < -0.3 is 15.0 Å². The molecule has 1 saturated heterocycles. The number of anilines is 2. The Hall–Kier alpha value is -2.89. The van der Waals surface area contributed by atoms with E-state index in [4.69, 9.17) is 0 Å². The van der Waals surface area contributed by atoms with Gasteiger partial charge in [0, 0.05) is 25.0 Å². The molecule has 0 saturated carbocycles. The lowest BCUT2D eigenvalue weighted by Crippen LogP contribution is -2.27. The quantitative estimate of drug-likeness (QED) is 0.875. The van der Waals surface area contributed by atoms with Crippen molar-refractivity contribution in [2.75, 3.05) is 25.5 Å². The van der Waals surface area contributed by atoms with Gasteiger partial charge in [-0.05, 0) is 43.2 Å². The number of nitrogens with one attached hydrogen (secondary N) is 1. The van der Waals surface area contributed by atoms with Crippen molar-refractivity contribution in [2.24, 2.45) is 0 Å². The highest BCUT2D eigenvalue weighted by atomic mass is 16.5. The largest absolute Gasteiger partial charge is 0.465 e. The van der Waals surface area contributed by atoms with Crippen LogP contribution in [0.15, 0.2) is 42.7 Å². The Kier molecular flexibility index (Phi) is 4.74. The monoisotopic (exact) mass is 325 g/mol. The molecule has 0 spiro atoms. The van der Waals surface area contributed by atoms with Gasteiger partial charge in [0.1, 0.15) is 0 Å². The normalized spacial score (nSPS) is 13.6. The molecule has 3 rings (SSSR count). The van der Waals surface area contributed by atoms with Crippen molar-refractivity contribution in [3.8, 4) is 0 Å². The highest BCUT2D eigenvalue weighted by molar-refractivity contribution is 5.95. The first-order valence-corrected chi connectivity index (χ1v) is 7.87. The van der Waals surface area contributed by atoms with Crippen LogP contribution in [0.2, 0.25) is 0 Å². The van der Waals surface area contributed by atoms with Crippen LogP contribution in [0.25, 0.3) is 0 Å². The van der Waals surface area contributed by atoms with Gasteiger partial charge in [-0.3, -0.25) is 9.78 Å². The highest BCUT2D eigenvalue weighted by Gasteiger charge is 2.19. The van der Waals surface area contributed by atoms with Crippen LogP contribution in [-0.4, -0.2) is 42.0 Å². The molecule has 0 aliphatic carbocycles. The van der Waals surface area contributed by atoms with Crippen LogP contribution >= 0.6 is 0 Å². The number of hydrogen-bond donors (Lipinski definition) is 1. The molecule has 6 heteroatoms. The number of aromatic nitrogens is 1. The summed E-state index contributed by atoms with van der Waals surface area (Å²) in [6.07, 6.45) is 5.37.